The summed E-state index contributed by atoms with van der Waals surface area (Å²) >= 11 is 0. The summed E-state index contributed by atoms with van der Waals surface area (Å²) in [4.78, 5) is 12.7. The van der Waals surface area contributed by atoms with Gasteiger partial charge in [0.05, 0.1) is 25.3 Å². The van der Waals surface area contributed by atoms with Crippen LogP contribution in [0.3, 0.4) is 0 Å². The topological polar surface area (TPSA) is 70.0 Å². The SMILES string of the molecule is CC(C)C1=CC(CO[Si](C)(C)C(C)(C)C)N(C(=O)O)CC1O. The van der Waals surface area contributed by atoms with Gasteiger partial charge in [0.2, 0.25) is 0 Å². The second kappa shape index (κ2) is 6.72. The van der Waals surface area contributed by atoms with Crippen molar-refractivity contribution in [3.8, 4) is 0 Å². The smallest absolute Gasteiger partial charge is 0.407 e. The molecule has 1 heterocycles. The molecular weight excluding hydrogens is 298 g/mol. The van der Waals surface area contributed by atoms with Crippen LogP contribution in [0.2, 0.25) is 18.1 Å². The van der Waals surface area contributed by atoms with Crippen molar-refractivity contribution < 1.29 is 19.4 Å². The lowest BCUT2D eigenvalue weighted by atomic mass is 9.91. The van der Waals surface area contributed by atoms with Crippen molar-refractivity contribution in [1.82, 2.24) is 4.90 Å². The van der Waals surface area contributed by atoms with E-state index >= 15 is 0 Å². The van der Waals surface area contributed by atoms with E-state index in [0.717, 1.165) is 5.57 Å². The molecule has 0 saturated heterocycles. The molecule has 1 aliphatic rings. The van der Waals surface area contributed by atoms with Gasteiger partial charge < -0.3 is 14.6 Å². The summed E-state index contributed by atoms with van der Waals surface area (Å²) in [5.74, 6) is 0.196. The van der Waals surface area contributed by atoms with Crippen molar-refractivity contribution in [2.24, 2.45) is 5.92 Å². The molecule has 2 N–H and O–H groups in total. The Kier molecular flexibility index (Phi) is 5.86. The summed E-state index contributed by atoms with van der Waals surface area (Å²) in [6.07, 6.45) is 0.141. The third-order valence-electron chi connectivity index (χ3n) is 4.87. The number of carbonyl (C=O) groups is 1. The fraction of sp³-hybridized carbons (Fsp3) is 0.812. The fourth-order valence-electron chi connectivity index (χ4n) is 2.30. The zero-order chi connectivity index (χ0) is 17.3. The average Bonchev–Trinajstić information content (AvgIpc) is 2.34. The molecule has 1 rings (SSSR count). The molecule has 0 aromatic heterocycles. The van der Waals surface area contributed by atoms with Gasteiger partial charge in [0, 0.05) is 0 Å². The Bertz CT molecular complexity index is 440. The summed E-state index contributed by atoms with van der Waals surface area (Å²) in [6.45, 7) is 15.3. The number of aliphatic hydroxyl groups excluding tert-OH is 1. The normalized spacial score (nSPS) is 23.7. The molecule has 128 valence electrons. The van der Waals surface area contributed by atoms with Crippen LogP contribution in [0, 0.1) is 5.92 Å². The summed E-state index contributed by atoms with van der Waals surface area (Å²) in [5, 5.41) is 19.6. The maximum Gasteiger partial charge on any atom is 0.407 e. The first kappa shape index (κ1) is 19.2. The number of hydrogen-bond donors (Lipinski definition) is 2. The Morgan fingerprint density at radius 2 is 2.00 bits per heavy atom. The molecule has 1 amide bonds. The van der Waals surface area contributed by atoms with Crippen LogP contribution in [0.5, 0.6) is 0 Å². The second-order valence-electron chi connectivity index (χ2n) is 7.91. The van der Waals surface area contributed by atoms with Gasteiger partial charge in [-0.25, -0.2) is 4.79 Å². The molecule has 0 spiro atoms. The van der Waals surface area contributed by atoms with E-state index < -0.39 is 20.5 Å². The van der Waals surface area contributed by atoms with Crippen LogP contribution < -0.4 is 0 Å². The second-order valence-corrected chi connectivity index (χ2v) is 12.7. The number of hydrogen-bond acceptors (Lipinski definition) is 3. The lowest BCUT2D eigenvalue weighted by Gasteiger charge is -2.40. The Labute approximate surface area is 135 Å². The summed E-state index contributed by atoms with van der Waals surface area (Å²) in [7, 11) is -1.93. The molecule has 0 bridgehead atoms. The minimum atomic E-state index is -1.93. The maximum absolute atomic E-state index is 11.4. The van der Waals surface area contributed by atoms with Gasteiger partial charge in [0.15, 0.2) is 8.32 Å². The number of nitrogens with zero attached hydrogens (tertiary/aromatic N) is 1. The molecule has 0 aliphatic carbocycles. The van der Waals surface area contributed by atoms with E-state index in [1.165, 1.54) is 4.90 Å². The fourth-order valence-corrected chi connectivity index (χ4v) is 3.32. The zero-order valence-corrected chi connectivity index (χ0v) is 15.9. The Hall–Kier alpha value is -0.853. The van der Waals surface area contributed by atoms with E-state index in [4.69, 9.17) is 4.43 Å². The summed E-state index contributed by atoms with van der Waals surface area (Å²) in [6, 6.07) is -0.326. The number of carboxylic acid groups (broad SMARTS) is 1. The first-order valence-electron chi connectivity index (χ1n) is 7.90. The van der Waals surface area contributed by atoms with Crippen molar-refractivity contribution in [1.29, 1.82) is 0 Å². The van der Waals surface area contributed by atoms with E-state index in [1.807, 2.05) is 19.9 Å². The Morgan fingerprint density at radius 1 is 1.45 bits per heavy atom. The van der Waals surface area contributed by atoms with Crippen LogP contribution in [-0.4, -0.2) is 54.8 Å². The van der Waals surface area contributed by atoms with Crippen molar-refractivity contribution >= 4 is 14.4 Å². The monoisotopic (exact) mass is 329 g/mol. The molecule has 0 aromatic rings. The van der Waals surface area contributed by atoms with Gasteiger partial charge in [0.1, 0.15) is 0 Å². The number of rotatable bonds is 4. The first-order chi connectivity index (χ1) is 9.86. The number of aliphatic hydroxyl groups is 1. The van der Waals surface area contributed by atoms with Crippen molar-refractivity contribution in [2.75, 3.05) is 13.2 Å². The highest BCUT2D eigenvalue weighted by atomic mass is 28.4. The van der Waals surface area contributed by atoms with Crippen LogP contribution in [0.15, 0.2) is 11.6 Å². The third kappa shape index (κ3) is 4.33. The molecule has 0 radical (unpaired) electrons. The van der Waals surface area contributed by atoms with Crippen LogP contribution in [0.1, 0.15) is 34.6 Å². The molecule has 5 nitrogen and oxygen atoms in total. The van der Waals surface area contributed by atoms with E-state index in [2.05, 4.69) is 33.9 Å². The third-order valence-corrected chi connectivity index (χ3v) is 9.37. The van der Waals surface area contributed by atoms with Gasteiger partial charge in [0.25, 0.3) is 0 Å². The van der Waals surface area contributed by atoms with Gasteiger partial charge >= 0.3 is 6.09 Å². The van der Waals surface area contributed by atoms with Crippen LogP contribution in [0.25, 0.3) is 0 Å². The van der Waals surface area contributed by atoms with Crippen LogP contribution >= 0.6 is 0 Å². The van der Waals surface area contributed by atoms with Crippen molar-refractivity contribution in [2.45, 2.75) is 64.9 Å². The molecule has 0 fully saturated rings. The molecule has 6 heteroatoms. The zero-order valence-electron chi connectivity index (χ0n) is 14.9. The predicted octanol–water partition coefficient (Wildman–Crippen LogP) is 3.31. The predicted molar refractivity (Wildman–Crippen MR) is 90.6 cm³/mol. The van der Waals surface area contributed by atoms with E-state index in [9.17, 15) is 15.0 Å². The van der Waals surface area contributed by atoms with E-state index in [-0.39, 0.29) is 23.5 Å². The molecule has 2 atom stereocenters. The maximum atomic E-state index is 11.4. The van der Waals surface area contributed by atoms with E-state index in [1.54, 1.807) is 0 Å². The van der Waals surface area contributed by atoms with Gasteiger partial charge in [-0.05, 0) is 29.6 Å². The minimum absolute atomic E-state index is 0.0832. The summed E-state index contributed by atoms with van der Waals surface area (Å²) < 4.78 is 6.18. The highest BCUT2D eigenvalue weighted by Crippen LogP contribution is 2.37. The molecular formula is C16H31NO4Si. The molecule has 22 heavy (non-hydrogen) atoms. The molecule has 0 aromatic carbocycles. The number of amides is 1. The Morgan fingerprint density at radius 3 is 2.41 bits per heavy atom. The standard InChI is InChI=1S/C16H31NO4Si/c1-11(2)13-8-12(17(15(19)20)9-14(13)18)10-21-22(6,7)16(3,4)5/h8,11-12,14,18H,9-10H2,1-7H3,(H,19,20). The Balaban J connectivity index is 2.94. The summed E-state index contributed by atoms with van der Waals surface area (Å²) in [5.41, 5.74) is 0.904. The molecule has 1 aliphatic heterocycles. The van der Waals surface area contributed by atoms with Gasteiger partial charge in [-0.3, -0.25) is 4.90 Å². The van der Waals surface area contributed by atoms with Gasteiger partial charge in [-0.15, -0.1) is 0 Å². The van der Waals surface area contributed by atoms with Crippen LogP contribution in [0.4, 0.5) is 4.79 Å². The van der Waals surface area contributed by atoms with Gasteiger partial charge in [-0.2, -0.15) is 0 Å². The first-order valence-corrected chi connectivity index (χ1v) is 10.8. The lowest BCUT2D eigenvalue weighted by molar-refractivity contribution is 0.0695. The average molecular weight is 330 g/mol. The molecule has 2 unspecified atom stereocenters. The molecule has 0 saturated carbocycles. The van der Waals surface area contributed by atoms with Gasteiger partial charge in [-0.1, -0.05) is 40.7 Å². The van der Waals surface area contributed by atoms with Crippen LogP contribution in [-0.2, 0) is 4.43 Å². The minimum Gasteiger partial charge on any atom is -0.465 e. The largest absolute Gasteiger partial charge is 0.465 e. The number of β-amino-alcohol motifs (C(OH)–C–C–N with tert-alkyl or cyclic N) is 1. The van der Waals surface area contributed by atoms with Crippen molar-refractivity contribution in [3.63, 3.8) is 0 Å². The van der Waals surface area contributed by atoms with Crippen molar-refractivity contribution in [3.05, 3.63) is 11.6 Å². The van der Waals surface area contributed by atoms with E-state index in [0.29, 0.717) is 6.61 Å². The lowest BCUT2D eigenvalue weighted by Crippen LogP contribution is -2.52. The highest BCUT2D eigenvalue weighted by molar-refractivity contribution is 6.74. The highest BCUT2D eigenvalue weighted by Gasteiger charge is 2.39. The quantitative estimate of drug-likeness (QED) is 0.613.